The summed E-state index contributed by atoms with van der Waals surface area (Å²) < 4.78 is 13.2. The summed E-state index contributed by atoms with van der Waals surface area (Å²) in [5, 5.41) is 12.9. The van der Waals surface area contributed by atoms with Crippen molar-refractivity contribution in [1.82, 2.24) is 14.1 Å². The molecule has 0 radical (unpaired) electrons. The van der Waals surface area contributed by atoms with Gasteiger partial charge in [-0.2, -0.15) is 11.3 Å². The average molecular weight is 1340 g/mol. The Balaban J connectivity index is 0.00000707. The molecule has 0 N–H and O–H groups in total. The molecular weight excluding hydrogens is 1280 g/mol. The van der Waals surface area contributed by atoms with Crippen LogP contribution in [0.5, 0.6) is 11.5 Å². The Morgan fingerprint density at radius 3 is 1.48 bits per heavy atom. The van der Waals surface area contributed by atoms with E-state index in [4.69, 9.17) is 9.72 Å². The smallest absolute Gasteiger partial charge is 0.268 e. The molecule has 90 heavy (non-hydrogen) atoms. The van der Waals surface area contributed by atoms with Gasteiger partial charge in [0.2, 0.25) is 0 Å². The summed E-state index contributed by atoms with van der Waals surface area (Å²) in [5.74, 6) is 1.60. The Morgan fingerprint density at radius 1 is 0.433 bits per heavy atom. The minimum atomic E-state index is -0.107. The Kier molecular flexibility index (Phi) is 15.1. The van der Waals surface area contributed by atoms with E-state index in [-0.39, 0.29) is 26.5 Å². The van der Waals surface area contributed by atoms with Crippen LogP contribution in [0, 0.1) is 29.8 Å². The zero-order valence-corrected chi connectivity index (χ0v) is 51.9. The Hall–Kier alpha value is -11.0. The van der Waals surface area contributed by atoms with Crippen LogP contribution in [0.1, 0.15) is 31.9 Å². The Labute approximate surface area is 538 Å². The van der Waals surface area contributed by atoms with Crippen LogP contribution in [-0.2, 0) is 26.5 Å². The summed E-state index contributed by atoms with van der Waals surface area (Å²) in [6.07, 6.45) is 5.77. The van der Waals surface area contributed by atoms with Crippen molar-refractivity contribution in [1.29, 1.82) is 5.26 Å². The fourth-order valence-electron chi connectivity index (χ4n) is 12.3. The summed E-state index contributed by atoms with van der Waals surface area (Å²) >= 11 is 0. The number of nitrogens with zero attached hydrogens (tertiary/aromatic N) is 5. The standard InChI is InChI=1S/C83H57N5O.Pt/c1-83(2,3)69-40-41-85-81(51-69)88-77-39-36-62(57-22-9-4-10-23-57)50-76(77)75-38-37-71(53-80(75)88)89-72-43-56(54-84)42-70(52-72)86-55-87(79-35-20-19-34-78(79)86)82-73(67-46-63(58-24-11-5-12-25-58)44-64(47-67)59-26-13-6-14-27-59)32-21-33-74(82)68-48-65(60-28-15-7-16-29-60)45-66(49-68)61-30-17-8-18-31-61;/h4-51H,1-3H3;/q-2;. The third kappa shape index (κ3) is 10.9. The van der Waals surface area contributed by atoms with E-state index < -0.39 is 0 Å². The van der Waals surface area contributed by atoms with E-state index in [0.29, 0.717) is 22.7 Å². The minimum absolute atomic E-state index is 0. The van der Waals surface area contributed by atoms with Crippen molar-refractivity contribution < 1.29 is 30.4 Å². The molecule has 0 fully saturated rings. The number of ether oxygens (including phenoxy) is 1. The third-order valence-electron chi connectivity index (χ3n) is 16.8. The van der Waals surface area contributed by atoms with Gasteiger partial charge < -0.3 is 13.9 Å². The number of pyridine rings is 1. The normalized spacial score (nSPS) is 11.4. The van der Waals surface area contributed by atoms with Crippen LogP contribution < -0.4 is 9.30 Å². The van der Waals surface area contributed by atoms with Gasteiger partial charge in [-0.3, -0.25) is 4.57 Å². The maximum atomic E-state index is 10.8. The van der Waals surface area contributed by atoms with E-state index in [2.05, 4.69) is 309 Å². The molecule has 0 aliphatic rings. The second kappa shape index (κ2) is 24.0. The predicted molar refractivity (Wildman–Crippen MR) is 361 cm³/mol. The summed E-state index contributed by atoms with van der Waals surface area (Å²) in [7, 11) is 0. The maximum Gasteiger partial charge on any atom is 0.268 e. The number of rotatable bonds is 12. The first-order chi connectivity index (χ1) is 43.7. The molecule has 15 rings (SSSR count). The largest absolute Gasteiger partial charge is 0.510 e. The van der Waals surface area contributed by atoms with Crippen LogP contribution in [-0.4, -0.2) is 14.1 Å². The van der Waals surface area contributed by atoms with Crippen LogP contribution >= 0.6 is 0 Å². The van der Waals surface area contributed by atoms with E-state index in [1.165, 1.54) is 5.56 Å². The van der Waals surface area contributed by atoms with Gasteiger partial charge in [-0.05, 0) is 155 Å². The first-order valence-electron chi connectivity index (χ1n) is 30.0. The van der Waals surface area contributed by atoms with Crippen LogP contribution in [0.2, 0.25) is 0 Å². The molecule has 0 atom stereocenters. The maximum absolute atomic E-state index is 10.8. The first-order valence-corrected chi connectivity index (χ1v) is 30.0. The number of aromatic nitrogens is 4. The number of benzene rings is 12. The molecule has 432 valence electrons. The molecule has 0 amide bonds. The van der Waals surface area contributed by atoms with Crippen LogP contribution in [0.15, 0.2) is 291 Å². The molecule has 0 saturated carbocycles. The van der Waals surface area contributed by atoms with Crippen LogP contribution in [0.3, 0.4) is 0 Å². The predicted octanol–water partition coefficient (Wildman–Crippen LogP) is 20.4. The Bertz CT molecular complexity index is 4940. The SMILES string of the molecule is CC(C)(C)c1ccnc(-n2c3[c-]c(Oc4[c-]c(-n5[c-][n+](-c6c(-c7cc(-c8ccccc8)cc(-c8ccccc8)c7)cccc6-c6cc(-c7ccccc7)cc(-c7ccccc7)c6)c6ccccc65)cc(C#N)c4)ccc3c3cc(-c4ccccc4)ccc32)c1.[Pt]. The topological polar surface area (TPSA) is 59.6 Å². The number of imidazole rings is 1. The summed E-state index contributed by atoms with van der Waals surface area (Å²) in [4.78, 5) is 4.97. The fraction of sp³-hybridized carbons (Fsp3) is 0.0482. The minimum Gasteiger partial charge on any atom is -0.510 e. The first kappa shape index (κ1) is 56.8. The average Bonchev–Trinajstić information content (AvgIpc) is 2.29. The zero-order chi connectivity index (χ0) is 60.0. The molecule has 0 bridgehead atoms. The van der Waals surface area contributed by atoms with Gasteiger partial charge in [-0.25, -0.2) is 4.98 Å². The molecule has 3 heterocycles. The molecule has 0 unspecified atom stereocenters. The molecule has 15 aromatic rings. The number of fused-ring (bicyclic) bond motifs is 4. The van der Waals surface area contributed by atoms with Gasteiger partial charge in [0.15, 0.2) is 0 Å². The molecule has 3 aromatic heterocycles. The number of nitriles is 1. The monoisotopic (exact) mass is 1330 g/mol. The summed E-state index contributed by atoms with van der Waals surface area (Å²) in [6.45, 7) is 6.65. The van der Waals surface area contributed by atoms with Crippen molar-refractivity contribution in [3.8, 4) is 113 Å². The van der Waals surface area contributed by atoms with Crippen molar-refractivity contribution in [2.45, 2.75) is 26.2 Å². The van der Waals surface area contributed by atoms with Crippen molar-refractivity contribution in [2.24, 2.45) is 0 Å². The molecule has 6 nitrogen and oxygen atoms in total. The van der Waals surface area contributed by atoms with E-state index in [1.54, 1.807) is 6.07 Å². The van der Waals surface area contributed by atoms with Gasteiger partial charge in [-0.1, -0.05) is 238 Å². The van der Waals surface area contributed by atoms with Gasteiger partial charge in [0.05, 0.1) is 22.8 Å². The fourth-order valence-corrected chi connectivity index (χ4v) is 12.3. The van der Waals surface area contributed by atoms with Crippen molar-refractivity contribution in [2.75, 3.05) is 0 Å². The van der Waals surface area contributed by atoms with E-state index in [1.807, 2.05) is 35.0 Å². The van der Waals surface area contributed by atoms with E-state index in [9.17, 15) is 5.26 Å². The number of hydrogen-bond donors (Lipinski definition) is 0. The molecule has 12 aromatic carbocycles. The van der Waals surface area contributed by atoms with Crippen molar-refractivity contribution >= 4 is 32.8 Å². The number of para-hydroxylation sites is 3. The molecule has 0 aliphatic carbocycles. The van der Waals surface area contributed by atoms with Crippen LogP contribution in [0.4, 0.5) is 0 Å². The zero-order valence-electron chi connectivity index (χ0n) is 49.7. The second-order valence-electron chi connectivity index (χ2n) is 23.5. The van der Waals surface area contributed by atoms with Gasteiger partial charge in [0.25, 0.3) is 6.33 Å². The van der Waals surface area contributed by atoms with E-state index >= 15 is 0 Å². The quantitative estimate of drug-likeness (QED) is 0.0905. The third-order valence-corrected chi connectivity index (χ3v) is 16.8. The van der Waals surface area contributed by atoms with Crippen molar-refractivity contribution in [3.05, 3.63) is 321 Å². The number of hydrogen-bond acceptors (Lipinski definition) is 3. The Morgan fingerprint density at radius 2 is 0.944 bits per heavy atom. The van der Waals surface area contributed by atoms with Gasteiger partial charge in [-0.15, -0.1) is 35.7 Å². The second-order valence-corrected chi connectivity index (χ2v) is 23.5. The molecule has 0 saturated heterocycles. The van der Waals surface area contributed by atoms with E-state index in [0.717, 1.165) is 122 Å². The van der Waals surface area contributed by atoms with Gasteiger partial charge in [0.1, 0.15) is 5.82 Å². The summed E-state index contributed by atoms with van der Waals surface area (Å²) in [5.41, 5.74) is 21.8. The molecule has 0 spiro atoms. The molecule has 7 heteroatoms. The summed E-state index contributed by atoms with van der Waals surface area (Å²) in [6, 6.07) is 110. The molecular formula is C83H57N5OPt-2. The van der Waals surface area contributed by atoms with Gasteiger partial charge >= 0.3 is 0 Å². The van der Waals surface area contributed by atoms with Crippen LogP contribution in [0.25, 0.3) is 128 Å². The van der Waals surface area contributed by atoms with Crippen molar-refractivity contribution in [3.63, 3.8) is 0 Å². The molecule has 0 aliphatic heterocycles. The van der Waals surface area contributed by atoms with Gasteiger partial charge in [0, 0.05) is 44.3 Å².